The van der Waals surface area contributed by atoms with Gasteiger partial charge in [-0.25, -0.2) is 4.79 Å². The van der Waals surface area contributed by atoms with E-state index in [-0.39, 0.29) is 24.8 Å². The second kappa shape index (κ2) is 7.79. The van der Waals surface area contributed by atoms with Crippen molar-refractivity contribution in [3.05, 3.63) is 71.8 Å². The molecule has 2 atom stereocenters. The summed E-state index contributed by atoms with van der Waals surface area (Å²) in [6, 6.07) is 19.9. The fourth-order valence-corrected chi connectivity index (χ4v) is 2.52. The molecule has 4 nitrogen and oxygen atoms in total. The van der Waals surface area contributed by atoms with Crippen molar-refractivity contribution in [2.45, 2.75) is 31.6 Å². The number of hydrogen-bond donors (Lipinski definition) is 1. The SMILES string of the molecule is O=C(N[C@@H](CCc1ccccc1)[C@H]1CO1)OCc1ccccc1. The van der Waals surface area contributed by atoms with Gasteiger partial charge >= 0.3 is 6.09 Å². The van der Waals surface area contributed by atoms with E-state index >= 15 is 0 Å². The summed E-state index contributed by atoms with van der Waals surface area (Å²) in [7, 11) is 0. The number of amides is 1. The lowest BCUT2D eigenvalue weighted by molar-refractivity contribution is 0.132. The van der Waals surface area contributed by atoms with E-state index < -0.39 is 0 Å². The average Bonchev–Trinajstić information content (AvgIpc) is 3.43. The fourth-order valence-electron chi connectivity index (χ4n) is 2.52. The van der Waals surface area contributed by atoms with E-state index in [1.54, 1.807) is 0 Å². The number of benzene rings is 2. The maximum Gasteiger partial charge on any atom is 0.407 e. The molecule has 0 saturated carbocycles. The van der Waals surface area contributed by atoms with Crippen molar-refractivity contribution in [1.29, 1.82) is 0 Å². The molecule has 1 heterocycles. The van der Waals surface area contributed by atoms with Crippen LogP contribution in [0.15, 0.2) is 60.7 Å². The number of ether oxygens (including phenoxy) is 2. The number of carbonyl (C=O) groups is 1. The largest absolute Gasteiger partial charge is 0.445 e. The minimum absolute atomic E-state index is 0.00141. The molecule has 3 rings (SSSR count). The van der Waals surface area contributed by atoms with Gasteiger partial charge < -0.3 is 14.8 Å². The molecule has 2 aromatic carbocycles. The van der Waals surface area contributed by atoms with Crippen molar-refractivity contribution in [1.82, 2.24) is 5.32 Å². The summed E-state index contributed by atoms with van der Waals surface area (Å²) in [4.78, 5) is 12.0. The Bertz CT molecular complexity index is 611. The van der Waals surface area contributed by atoms with Gasteiger partial charge in [0.15, 0.2) is 0 Å². The Morgan fingerprint density at radius 2 is 1.70 bits per heavy atom. The zero-order valence-electron chi connectivity index (χ0n) is 13.0. The van der Waals surface area contributed by atoms with Crippen LogP contribution in [0.3, 0.4) is 0 Å². The molecule has 1 fully saturated rings. The molecule has 2 aromatic rings. The number of aryl methyl sites for hydroxylation is 1. The second-order valence-corrected chi connectivity index (χ2v) is 5.71. The fraction of sp³-hybridized carbons (Fsp3) is 0.316. The van der Waals surface area contributed by atoms with Gasteiger partial charge in [-0.3, -0.25) is 0 Å². The topological polar surface area (TPSA) is 50.9 Å². The molecule has 4 heteroatoms. The normalized spacial score (nSPS) is 17.3. The first kappa shape index (κ1) is 15.6. The van der Waals surface area contributed by atoms with Crippen LogP contribution in [0.5, 0.6) is 0 Å². The monoisotopic (exact) mass is 311 g/mol. The predicted molar refractivity (Wildman–Crippen MR) is 88.1 cm³/mol. The lowest BCUT2D eigenvalue weighted by Crippen LogP contribution is -2.39. The summed E-state index contributed by atoms with van der Waals surface area (Å²) in [5.41, 5.74) is 2.24. The zero-order chi connectivity index (χ0) is 15.9. The van der Waals surface area contributed by atoms with E-state index in [1.165, 1.54) is 5.56 Å². The summed E-state index contributed by atoms with van der Waals surface area (Å²) in [6.45, 7) is 0.988. The molecule has 0 aliphatic carbocycles. The van der Waals surface area contributed by atoms with E-state index in [0.717, 1.165) is 18.4 Å². The van der Waals surface area contributed by atoms with E-state index in [2.05, 4.69) is 17.4 Å². The molecule has 1 aliphatic heterocycles. The summed E-state index contributed by atoms with van der Waals surface area (Å²) < 4.78 is 10.6. The maximum absolute atomic E-state index is 12.0. The van der Waals surface area contributed by atoms with Gasteiger partial charge in [0.05, 0.1) is 12.6 Å². The molecule has 0 unspecified atom stereocenters. The molecule has 0 aromatic heterocycles. The third kappa shape index (κ3) is 5.11. The van der Waals surface area contributed by atoms with Crippen LogP contribution in [-0.4, -0.2) is 24.8 Å². The van der Waals surface area contributed by atoms with Crippen LogP contribution in [-0.2, 0) is 22.5 Å². The molecular formula is C19H21NO3. The molecule has 1 aliphatic rings. The number of nitrogens with one attached hydrogen (secondary N) is 1. The summed E-state index contributed by atoms with van der Waals surface area (Å²) in [5, 5.41) is 2.93. The zero-order valence-corrected chi connectivity index (χ0v) is 13.0. The Kier molecular flexibility index (Phi) is 5.27. The third-order valence-corrected chi connectivity index (χ3v) is 3.91. The Hall–Kier alpha value is -2.33. The van der Waals surface area contributed by atoms with Gasteiger partial charge in [0.2, 0.25) is 0 Å². The van der Waals surface area contributed by atoms with Crippen LogP contribution in [0.25, 0.3) is 0 Å². The smallest absolute Gasteiger partial charge is 0.407 e. The summed E-state index contributed by atoms with van der Waals surface area (Å²) in [5.74, 6) is 0. The molecule has 0 spiro atoms. The van der Waals surface area contributed by atoms with Gasteiger partial charge in [-0.2, -0.15) is 0 Å². The molecule has 23 heavy (non-hydrogen) atoms. The van der Waals surface area contributed by atoms with E-state index in [9.17, 15) is 4.79 Å². The highest BCUT2D eigenvalue weighted by Gasteiger charge is 2.33. The lowest BCUT2D eigenvalue weighted by Gasteiger charge is -2.16. The van der Waals surface area contributed by atoms with E-state index in [0.29, 0.717) is 6.61 Å². The quantitative estimate of drug-likeness (QED) is 0.798. The van der Waals surface area contributed by atoms with Crippen molar-refractivity contribution in [2.75, 3.05) is 6.61 Å². The van der Waals surface area contributed by atoms with Gasteiger partial charge in [-0.1, -0.05) is 60.7 Å². The lowest BCUT2D eigenvalue weighted by atomic mass is 10.0. The molecule has 1 N–H and O–H groups in total. The van der Waals surface area contributed by atoms with Crippen LogP contribution in [0.4, 0.5) is 4.79 Å². The first-order valence-corrected chi connectivity index (χ1v) is 7.94. The standard InChI is InChI=1S/C19H21NO3/c21-19(23-13-16-9-5-2-6-10-16)20-17(18-14-22-18)12-11-15-7-3-1-4-8-15/h1-10,17-18H,11-14H2,(H,20,21)/t17-,18+/m0/s1. The first-order valence-electron chi connectivity index (χ1n) is 7.94. The van der Waals surface area contributed by atoms with Crippen LogP contribution < -0.4 is 5.32 Å². The highest BCUT2D eigenvalue weighted by Crippen LogP contribution is 2.19. The third-order valence-electron chi connectivity index (χ3n) is 3.91. The average molecular weight is 311 g/mol. The van der Waals surface area contributed by atoms with Gasteiger partial charge in [0, 0.05) is 0 Å². The van der Waals surface area contributed by atoms with Gasteiger partial charge in [0.1, 0.15) is 12.7 Å². The first-order chi connectivity index (χ1) is 11.3. The van der Waals surface area contributed by atoms with Gasteiger partial charge in [-0.05, 0) is 24.0 Å². The minimum atomic E-state index is -0.387. The number of hydrogen-bond acceptors (Lipinski definition) is 3. The molecule has 0 radical (unpaired) electrons. The number of rotatable bonds is 7. The van der Waals surface area contributed by atoms with Crippen LogP contribution in [0.1, 0.15) is 17.5 Å². The maximum atomic E-state index is 12.0. The number of carbonyl (C=O) groups excluding carboxylic acids is 1. The Balaban J connectivity index is 1.46. The Morgan fingerprint density at radius 3 is 2.30 bits per heavy atom. The molecule has 1 saturated heterocycles. The van der Waals surface area contributed by atoms with Crippen molar-refractivity contribution >= 4 is 6.09 Å². The second-order valence-electron chi connectivity index (χ2n) is 5.71. The van der Waals surface area contributed by atoms with Gasteiger partial charge in [-0.15, -0.1) is 0 Å². The van der Waals surface area contributed by atoms with Crippen LogP contribution >= 0.6 is 0 Å². The van der Waals surface area contributed by atoms with E-state index in [1.807, 2.05) is 48.5 Å². The highest BCUT2D eigenvalue weighted by atomic mass is 16.6. The molecule has 1 amide bonds. The minimum Gasteiger partial charge on any atom is -0.445 e. The van der Waals surface area contributed by atoms with Crippen molar-refractivity contribution < 1.29 is 14.3 Å². The highest BCUT2D eigenvalue weighted by molar-refractivity contribution is 5.67. The van der Waals surface area contributed by atoms with Crippen molar-refractivity contribution in [3.63, 3.8) is 0 Å². The number of epoxide rings is 1. The van der Waals surface area contributed by atoms with E-state index in [4.69, 9.17) is 9.47 Å². The van der Waals surface area contributed by atoms with Crippen molar-refractivity contribution in [2.24, 2.45) is 0 Å². The molecular weight excluding hydrogens is 290 g/mol. The van der Waals surface area contributed by atoms with Crippen molar-refractivity contribution in [3.8, 4) is 0 Å². The molecule has 0 bridgehead atoms. The van der Waals surface area contributed by atoms with Crippen LogP contribution in [0.2, 0.25) is 0 Å². The molecule has 120 valence electrons. The number of alkyl carbamates (subject to hydrolysis) is 1. The summed E-state index contributed by atoms with van der Waals surface area (Å²) in [6.07, 6.45) is 1.48. The van der Waals surface area contributed by atoms with Gasteiger partial charge in [0.25, 0.3) is 0 Å². The Morgan fingerprint density at radius 1 is 1.09 bits per heavy atom. The predicted octanol–water partition coefficient (Wildman–Crippen LogP) is 3.31. The summed E-state index contributed by atoms with van der Waals surface area (Å²) >= 11 is 0. The Labute approximate surface area is 136 Å². The van der Waals surface area contributed by atoms with Crippen LogP contribution in [0, 0.1) is 0 Å².